The van der Waals surface area contributed by atoms with Gasteiger partial charge in [-0.25, -0.2) is 0 Å². The zero-order chi connectivity index (χ0) is 38.2. The minimum Gasteiger partial charge on any atom is -0.469 e. The van der Waals surface area contributed by atoms with E-state index in [1.165, 1.54) is 78.4 Å². The third-order valence-electron chi connectivity index (χ3n) is 9.25. The molecule has 0 aliphatic rings. The van der Waals surface area contributed by atoms with Crippen LogP contribution in [0.4, 0.5) is 0 Å². The third kappa shape index (κ3) is 38.6. The molecule has 0 aromatic rings. The quantitative estimate of drug-likeness (QED) is 0.0272. The van der Waals surface area contributed by atoms with Crippen LogP contribution in [0.1, 0.15) is 180 Å². The molecule has 0 fully saturated rings. The van der Waals surface area contributed by atoms with Crippen LogP contribution in [0.15, 0.2) is 48.6 Å². The standard InChI is InChI=1S/C45H79NO6/c1-46(2)41-35-40-45(49)52-42(36-31-27-23-19-15-11-7-5-9-13-17-21-25-29-33-38-43(47)50-3)37-32-28-24-20-16-12-8-6-10-14-18-22-26-30-34-39-44(48)51-4/h5-6,9-10,17-18,21-22,42H,7-8,11-16,19-20,23-41H2,1-4H3. The molecular weight excluding hydrogens is 650 g/mol. The van der Waals surface area contributed by atoms with Gasteiger partial charge in [-0.15, -0.1) is 0 Å². The van der Waals surface area contributed by atoms with Gasteiger partial charge in [0.05, 0.1) is 14.2 Å². The summed E-state index contributed by atoms with van der Waals surface area (Å²) in [7, 11) is 6.97. The summed E-state index contributed by atoms with van der Waals surface area (Å²) in [5, 5.41) is 0. The highest BCUT2D eigenvalue weighted by Crippen LogP contribution is 2.18. The van der Waals surface area contributed by atoms with Crippen LogP contribution in [-0.4, -0.2) is 63.8 Å². The molecule has 0 N–H and O–H groups in total. The van der Waals surface area contributed by atoms with Gasteiger partial charge < -0.3 is 19.1 Å². The van der Waals surface area contributed by atoms with Gasteiger partial charge >= 0.3 is 17.9 Å². The molecule has 7 nitrogen and oxygen atoms in total. The van der Waals surface area contributed by atoms with Crippen molar-refractivity contribution in [1.82, 2.24) is 4.90 Å². The normalized spacial score (nSPS) is 12.6. The fourth-order valence-electron chi connectivity index (χ4n) is 6.01. The van der Waals surface area contributed by atoms with E-state index in [9.17, 15) is 14.4 Å². The van der Waals surface area contributed by atoms with Gasteiger partial charge in [-0.1, -0.05) is 100.0 Å². The molecule has 0 aromatic heterocycles. The van der Waals surface area contributed by atoms with Crippen molar-refractivity contribution in [2.24, 2.45) is 0 Å². The van der Waals surface area contributed by atoms with Crippen LogP contribution >= 0.6 is 0 Å². The van der Waals surface area contributed by atoms with Crippen LogP contribution in [0.5, 0.6) is 0 Å². The first-order valence-electron chi connectivity index (χ1n) is 21.0. The molecule has 0 spiro atoms. The molecule has 0 aromatic carbocycles. The topological polar surface area (TPSA) is 82.1 Å². The molecule has 0 saturated carbocycles. The van der Waals surface area contributed by atoms with Crippen LogP contribution < -0.4 is 0 Å². The third-order valence-corrected chi connectivity index (χ3v) is 9.25. The van der Waals surface area contributed by atoms with E-state index in [0.29, 0.717) is 19.3 Å². The van der Waals surface area contributed by atoms with Gasteiger partial charge in [0.15, 0.2) is 0 Å². The summed E-state index contributed by atoms with van der Waals surface area (Å²) < 4.78 is 15.3. The Morgan fingerprint density at radius 1 is 0.442 bits per heavy atom. The predicted molar refractivity (Wildman–Crippen MR) is 218 cm³/mol. The Hall–Kier alpha value is -2.67. The maximum atomic E-state index is 12.6. The van der Waals surface area contributed by atoms with Crippen molar-refractivity contribution < 1.29 is 28.6 Å². The Morgan fingerprint density at radius 3 is 1.17 bits per heavy atom. The molecule has 0 radical (unpaired) electrons. The van der Waals surface area contributed by atoms with Crippen molar-refractivity contribution >= 4 is 17.9 Å². The summed E-state index contributed by atoms with van der Waals surface area (Å²) in [4.78, 5) is 36.9. The minimum atomic E-state index is -0.118. The average Bonchev–Trinajstić information content (AvgIpc) is 3.13. The Balaban J connectivity index is 4.01. The summed E-state index contributed by atoms with van der Waals surface area (Å²) in [6.07, 6.45) is 47.5. The first kappa shape index (κ1) is 49.3. The molecule has 0 aliphatic carbocycles. The monoisotopic (exact) mass is 730 g/mol. The van der Waals surface area contributed by atoms with Crippen molar-refractivity contribution in [3.63, 3.8) is 0 Å². The smallest absolute Gasteiger partial charge is 0.306 e. The molecule has 0 rings (SSSR count). The Morgan fingerprint density at radius 2 is 0.788 bits per heavy atom. The van der Waals surface area contributed by atoms with Crippen molar-refractivity contribution in [2.75, 3.05) is 34.9 Å². The van der Waals surface area contributed by atoms with Crippen molar-refractivity contribution in [1.29, 1.82) is 0 Å². The molecule has 7 heteroatoms. The number of esters is 3. The van der Waals surface area contributed by atoms with E-state index < -0.39 is 0 Å². The van der Waals surface area contributed by atoms with E-state index in [2.05, 4.69) is 63.0 Å². The van der Waals surface area contributed by atoms with E-state index in [-0.39, 0.29) is 24.0 Å². The maximum Gasteiger partial charge on any atom is 0.306 e. The molecule has 0 unspecified atom stereocenters. The van der Waals surface area contributed by atoms with E-state index >= 15 is 0 Å². The summed E-state index contributed by atoms with van der Waals surface area (Å²) in [6.45, 7) is 0.918. The highest BCUT2D eigenvalue weighted by molar-refractivity contribution is 5.69. The second-order valence-corrected chi connectivity index (χ2v) is 14.4. The van der Waals surface area contributed by atoms with Gasteiger partial charge in [0, 0.05) is 19.3 Å². The zero-order valence-electron chi connectivity index (χ0n) is 34.1. The molecule has 0 aliphatic heterocycles. The highest BCUT2D eigenvalue weighted by atomic mass is 16.5. The van der Waals surface area contributed by atoms with Crippen molar-refractivity contribution in [2.45, 2.75) is 186 Å². The number of unbranched alkanes of at least 4 members (excludes halogenated alkanes) is 16. The zero-order valence-corrected chi connectivity index (χ0v) is 34.1. The number of hydrogen-bond acceptors (Lipinski definition) is 7. The second-order valence-electron chi connectivity index (χ2n) is 14.4. The van der Waals surface area contributed by atoms with Gasteiger partial charge in [-0.2, -0.15) is 0 Å². The largest absolute Gasteiger partial charge is 0.469 e. The number of allylic oxidation sites excluding steroid dienone is 8. The highest BCUT2D eigenvalue weighted by Gasteiger charge is 2.14. The maximum absolute atomic E-state index is 12.6. The molecule has 0 saturated heterocycles. The van der Waals surface area contributed by atoms with E-state index in [4.69, 9.17) is 4.74 Å². The van der Waals surface area contributed by atoms with Gasteiger partial charge in [-0.05, 0) is 130 Å². The number of rotatable bonds is 37. The Labute approximate surface area is 320 Å². The fraction of sp³-hybridized carbons (Fsp3) is 0.756. The lowest BCUT2D eigenvalue weighted by Crippen LogP contribution is -2.20. The minimum absolute atomic E-state index is 0.0229. The predicted octanol–water partition coefficient (Wildman–Crippen LogP) is 12.0. The van der Waals surface area contributed by atoms with Gasteiger partial charge in [-0.3, -0.25) is 14.4 Å². The number of carbonyl (C=O) groups is 3. The lowest BCUT2D eigenvalue weighted by atomic mass is 10.0. The van der Waals surface area contributed by atoms with E-state index in [0.717, 1.165) is 103 Å². The molecule has 0 bridgehead atoms. The first-order valence-corrected chi connectivity index (χ1v) is 21.0. The molecular formula is C45H79NO6. The number of nitrogens with zero attached hydrogens (tertiary/aromatic N) is 1. The average molecular weight is 730 g/mol. The van der Waals surface area contributed by atoms with E-state index in [1.54, 1.807) is 0 Å². The second kappa shape index (κ2) is 39.5. The summed E-state index contributed by atoms with van der Waals surface area (Å²) >= 11 is 0. The molecule has 0 amide bonds. The number of carbonyl (C=O) groups excluding carboxylic acids is 3. The number of hydrogen-bond donors (Lipinski definition) is 0. The molecule has 0 atom stereocenters. The summed E-state index contributed by atoms with van der Waals surface area (Å²) in [5.74, 6) is -0.258. The molecule has 0 heterocycles. The first-order chi connectivity index (χ1) is 25.4. The van der Waals surface area contributed by atoms with Gasteiger partial charge in [0.25, 0.3) is 0 Å². The molecule has 300 valence electrons. The fourth-order valence-corrected chi connectivity index (χ4v) is 6.01. The van der Waals surface area contributed by atoms with Crippen LogP contribution in [0, 0.1) is 0 Å². The van der Waals surface area contributed by atoms with E-state index in [1.807, 2.05) is 14.1 Å². The summed E-state index contributed by atoms with van der Waals surface area (Å²) in [5.41, 5.74) is 0. The lowest BCUT2D eigenvalue weighted by molar-refractivity contribution is -0.150. The van der Waals surface area contributed by atoms with Crippen LogP contribution in [0.25, 0.3) is 0 Å². The van der Waals surface area contributed by atoms with Crippen LogP contribution in [0.3, 0.4) is 0 Å². The van der Waals surface area contributed by atoms with Crippen LogP contribution in [-0.2, 0) is 28.6 Å². The van der Waals surface area contributed by atoms with Crippen molar-refractivity contribution in [3.8, 4) is 0 Å². The number of methoxy groups -OCH3 is 2. The van der Waals surface area contributed by atoms with Gasteiger partial charge in [0.2, 0.25) is 0 Å². The summed E-state index contributed by atoms with van der Waals surface area (Å²) in [6, 6.07) is 0. The van der Waals surface area contributed by atoms with Crippen molar-refractivity contribution in [3.05, 3.63) is 48.6 Å². The number of ether oxygens (including phenoxy) is 3. The Kier molecular flexibility index (Phi) is 37.5. The van der Waals surface area contributed by atoms with Gasteiger partial charge in [0.1, 0.15) is 6.10 Å². The SMILES string of the molecule is COC(=O)CCCCC=CCC=CCCCCCCCCC(CCCCCCCCC=CCC=CCCCCC(=O)OC)OC(=O)CCCN(C)C. The van der Waals surface area contributed by atoms with Crippen LogP contribution in [0.2, 0.25) is 0 Å². The molecule has 52 heavy (non-hydrogen) atoms. The lowest BCUT2D eigenvalue weighted by Gasteiger charge is -2.18. The Bertz CT molecular complexity index is 891.